The van der Waals surface area contributed by atoms with Gasteiger partial charge < -0.3 is 0 Å². The summed E-state index contributed by atoms with van der Waals surface area (Å²) in [5.74, 6) is 3.61. The molecular weight excluding hydrogens is 199 g/mol. The van der Waals surface area contributed by atoms with Crippen LogP contribution in [0.4, 0.5) is 0 Å². The highest BCUT2D eigenvalue weighted by Crippen LogP contribution is 1.96. The monoisotopic (exact) mass is 208 g/mol. The van der Waals surface area contributed by atoms with E-state index in [0.717, 1.165) is 6.42 Å². The average molecular weight is 208 g/mol. The van der Waals surface area contributed by atoms with Gasteiger partial charge in [-0.2, -0.15) is 0 Å². The van der Waals surface area contributed by atoms with Gasteiger partial charge in [0.2, 0.25) is 0 Å². The van der Waals surface area contributed by atoms with E-state index in [0.29, 0.717) is 5.92 Å². The highest BCUT2D eigenvalue weighted by molar-refractivity contribution is 14.1. The van der Waals surface area contributed by atoms with Gasteiger partial charge in [-0.3, -0.25) is 0 Å². The molecule has 0 aliphatic rings. The zero-order chi connectivity index (χ0) is 5.70. The Morgan fingerprint density at radius 1 is 1.71 bits per heavy atom. The van der Waals surface area contributed by atoms with Crippen LogP contribution in [0.3, 0.4) is 0 Å². The lowest BCUT2D eigenvalue weighted by molar-refractivity contribution is 0.724. The molecule has 0 radical (unpaired) electrons. The van der Waals surface area contributed by atoms with E-state index in [1.165, 1.54) is 0 Å². The van der Waals surface area contributed by atoms with Gasteiger partial charge in [-0.05, 0) is 10.3 Å². The van der Waals surface area contributed by atoms with E-state index in [2.05, 4.69) is 46.3 Å². The van der Waals surface area contributed by atoms with Crippen molar-refractivity contribution < 1.29 is 0 Å². The van der Waals surface area contributed by atoms with Crippen molar-refractivity contribution in [2.45, 2.75) is 20.3 Å². The summed E-state index contributed by atoms with van der Waals surface area (Å²) in [5, 5.41) is 0. The molecule has 0 aliphatic carbocycles. The maximum atomic E-state index is 3.03. The molecule has 0 bridgehead atoms. The molecule has 40 valence electrons. The molecule has 0 aromatic rings. The Balaban J connectivity index is 3.29. The molecule has 1 atom stereocenters. The Kier molecular flexibility index (Phi) is 4.63. The van der Waals surface area contributed by atoms with E-state index < -0.39 is 0 Å². The van der Waals surface area contributed by atoms with E-state index in [1.54, 1.807) is 0 Å². The minimum Gasteiger partial charge on any atom is -0.0888 e. The summed E-state index contributed by atoms with van der Waals surface area (Å²) in [4.78, 5) is 0. The first-order valence-electron chi connectivity index (χ1n) is 2.42. The molecule has 1 unspecified atom stereocenters. The van der Waals surface area contributed by atoms with Crippen molar-refractivity contribution in [1.29, 1.82) is 0 Å². The first kappa shape index (κ1) is 7.29. The van der Waals surface area contributed by atoms with Gasteiger partial charge in [0, 0.05) is 28.5 Å². The SMILES string of the molecule is CCC(C)C#CI. The molecule has 0 saturated heterocycles. The summed E-state index contributed by atoms with van der Waals surface area (Å²) in [6, 6.07) is 0. The van der Waals surface area contributed by atoms with Crippen LogP contribution in [-0.2, 0) is 0 Å². The average Bonchev–Trinajstić information content (AvgIpc) is 1.68. The van der Waals surface area contributed by atoms with E-state index in [4.69, 9.17) is 0 Å². The van der Waals surface area contributed by atoms with Gasteiger partial charge in [0.25, 0.3) is 0 Å². The predicted molar refractivity (Wildman–Crippen MR) is 41.3 cm³/mol. The van der Waals surface area contributed by atoms with Crippen molar-refractivity contribution in [3.05, 3.63) is 0 Å². The Bertz CT molecular complexity index is 86.1. The molecule has 1 heteroatoms. The second-order valence-corrected chi connectivity index (χ2v) is 2.09. The Labute approximate surface area is 58.8 Å². The summed E-state index contributed by atoms with van der Waals surface area (Å²) >= 11 is 2.06. The van der Waals surface area contributed by atoms with Gasteiger partial charge in [-0.1, -0.05) is 19.8 Å². The molecule has 0 rings (SSSR count). The van der Waals surface area contributed by atoms with E-state index in [9.17, 15) is 0 Å². The molecule has 7 heavy (non-hydrogen) atoms. The summed E-state index contributed by atoms with van der Waals surface area (Å²) in [6.45, 7) is 4.28. The van der Waals surface area contributed by atoms with Crippen LogP contribution in [0.2, 0.25) is 0 Å². The molecule has 0 aliphatic heterocycles. The van der Waals surface area contributed by atoms with Crippen molar-refractivity contribution in [1.82, 2.24) is 0 Å². The summed E-state index contributed by atoms with van der Waals surface area (Å²) in [5.41, 5.74) is 0. The van der Waals surface area contributed by atoms with E-state index in [-0.39, 0.29) is 0 Å². The second kappa shape index (κ2) is 4.45. The number of halogens is 1. The fourth-order valence-corrected chi connectivity index (χ4v) is 0.727. The fourth-order valence-electron chi connectivity index (χ4n) is 0.195. The number of rotatable bonds is 1. The third kappa shape index (κ3) is 4.14. The first-order valence-corrected chi connectivity index (χ1v) is 3.50. The van der Waals surface area contributed by atoms with Crippen molar-refractivity contribution in [2.75, 3.05) is 0 Å². The molecule has 0 aromatic heterocycles. The minimum atomic E-state index is 0.580. The standard InChI is InChI=1S/C6H9I/c1-3-6(2)4-5-7/h6H,3H2,1-2H3. The molecule has 0 spiro atoms. The molecule has 0 saturated carbocycles. The van der Waals surface area contributed by atoms with Crippen LogP contribution in [0.1, 0.15) is 20.3 Å². The van der Waals surface area contributed by atoms with Gasteiger partial charge in [-0.15, -0.1) is 0 Å². The molecular formula is C6H9I. The van der Waals surface area contributed by atoms with Crippen LogP contribution < -0.4 is 0 Å². The lowest BCUT2D eigenvalue weighted by atomic mass is 10.1. The molecule has 0 nitrogen and oxygen atoms in total. The van der Waals surface area contributed by atoms with Crippen molar-refractivity contribution in [2.24, 2.45) is 5.92 Å². The maximum absolute atomic E-state index is 3.03. The van der Waals surface area contributed by atoms with Crippen molar-refractivity contribution >= 4 is 22.6 Å². The highest BCUT2D eigenvalue weighted by atomic mass is 127. The third-order valence-electron chi connectivity index (χ3n) is 0.913. The topological polar surface area (TPSA) is 0 Å². The van der Waals surface area contributed by atoms with Crippen molar-refractivity contribution in [3.63, 3.8) is 0 Å². The summed E-state index contributed by atoms with van der Waals surface area (Å²) in [6.07, 6.45) is 1.16. The molecule has 0 heterocycles. The summed E-state index contributed by atoms with van der Waals surface area (Å²) in [7, 11) is 0. The zero-order valence-corrected chi connectivity index (χ0v) is 6.82. The Morgan fingerprint density at radius 3 is 2.43 bits per heavy atom. The predicted octanol–water partition coefficient (Wildman–Crippen LogP) is 2.43. The zero-order valence-electron chi connectivity index (χ0n) is 4.66. The van der Waals surface area contributed by atoms with Crippen LogP contribution in [0.15, 0.2) is 0 Å². The molecule has 0 amide bonds. The number of hydrogen-bond donors (Lipinski definition) is 0. The maximum Gasteiger partial charge on any atom is 0.0181 e. The third-order valence-corrected chi connectivity index (χ3v) is 1.22. The van der Waals surface area contributed by atoms with Gasteiger partial charge in [0.15, 0.2) is 0 Å². The highest BCUT2D eigenvalue weighted by Gasteiger charge is 1.86. The van der Waals surface area contributed by atoms with Gasteiger partial charge in [-0.25, -0.2) is 0 Å². The smallest absolute Gasteiger partial charge is 0.0181 e. The lowest BCUT2D eigenvalue weighted by Gasteiger charge is -1.91. The lowest BCUT2D eigenvalue weighted by Crippen LogP contribution is -1.82. The molecule has 0 fully saturated rings. The van der Waals surface area contributed by atoms with E-state index in [1.807, 2.05) is 0 Å². The normalized spacial score (nSPS) is 11.9. The largest absolute Gasteiger partial charge is 0.0888 e. The van der Waals surface area contributed by atoms with Crippen LogP contribution in [0.25, 0.3) is 0 Å². The van der Waals surface area contributed by atoms with Crippen LogP contribution in [0.5, 0.6) is 0 Å². The van der Waals surface area contributed by atoms with Crippen molar-refractivity contribution in [3.8, 4) is 9.85 Å². The quantitative estimate of drug-likeness (QED) is 0.458. The first-order chi connectivity index (χ1) is 3.31. The van der Waals surface area contributed by atoms with Crippen LogP contribution in [-0.4, -0.2) is 0 Å². The fraction of sp³-hybridized carbons (Fsp3) is 0.667. The molecule has 0 aromatic carbocycles. The molecule has 0 N–H and O–H groups in total. The number of hydrogen-bond acceptors (Lipinski definition) is 0. The van der Waals surface area contributed by atoms with Gasteiger partial charge >= 0.3 is 0 Å². The van der Waals surface area contributed by atoms with Crippen LogP contribution >= 0.6 is 22.6 Å². The van der Waals surface area contributed by atoms with Gasteiger partial charge in [0.05, 0.1) is 0 Å². The summed E-state index contributed by atoms with van der Waals surface area (Å²) < 4.78 is 2.84. The Morgan fingerprint density at radius 2 is 2.29 bits per heavy atom. The second-order valence-electron chi connectivity index (χ2n) is 1.55. The van der Waals surface area contributed by atoms with Crippen LogP contribution in [0, 0.1) is 15.8 Å². The Hall–Kier alpha value is 0.290. The van der Waals surface area contributed by atoms with Gasteiger partial charge in [0.1, 0.15) is 0 Å². The van der Waals surface area contributed by atoms with E-state index >= 15 is 0 Å². The minimum absolute atomic E-state index is 0.580.